The summed E-state index contributed by atoms with van der Waals surface area (Å²) in [7, 11) is -2.59. The van der Waals surface area contributed by atoms with Gasteiger partial charge in [0.05, 0.1) is 35.5 Å². The van der Waals surface area contributed by atoms with Crippen molar-refractivity contribution in [1.29, 1.82) is 0 Å². The van der Waals surface area contributed by atoms with E-state index in [-0.39, 0.29) is 17.1 Å². The first kappa shape index (κ1) is 20.6. The Morgan fingerprint density at radius 1 is 1.27 bits per heavy atom. The Morgan fingerprint density at radius 2 is 1.96 bits per heavy atom. The molecule has 0 fully saturated rings. The third-order valence-electron chi connectivity index (χ3n) is 3.32. The van der Waals surface area contributed by atoms with Gasteiger partial charge in [-0.05, 0) is 40.8 Å². The van der Waals surface area contributed by atoms with Crippen molar-refractivity contribution in [3.63, 3.8) is 0 Å². The Hall–Kier alpha value is -1.70. The van der Waals surface area contributed by atoms with Crippen molar-refractivity contribution in [1.82, 2.24) is 4.57 Å². The van der Waals surface area contributed by atoms with Crippen LogP contribution in [0.1, 0.15) is 0 Å². The van der Waals surface area contributed by atoms with Gasteiger partial charge in [0.1, 0.15) is 5.82 Å². The molecule has 1 atom stereocenters. The van der Waals surface area contributed by atoms with Gasteiger partial charge in [-0.15, -0.1) is 0 Å². The van der Waals surface area contributed by atoms with Crippen LogP contribution in [0.5, 0.6) is 0 Å². The van der Waals surface area contributed by atoms with E-state index < -0.39 is 39.9 Å². The van der Waals surface area contributed by atoms with E-state index in [9.17, 15) is 22.7 Å². The molecular formula is C15H17FIN3O5S. The quantitative estimate of drug-likeness (QED) is 0.424. The van der Waals surface area contributed by atoms with Crippen molar-refractivity contribution in [2.24, 2.45) is 7.05 Å². The first-order chi connectivity index (χ1) is 12.1. The minimum absolute atomic E-state index is 0.00445. The van der Waals surface area contributed by atoms with E-state index in [4.69, 9.17) is 5.11 Å². The molecule has 0 bridgehead atoms. The summed E-state index contributed by atoms with van der Waals surface area (Å²) in [4.78, 5) is 11.9. The number of nitrogens with one attached hydrogen (secondary N) is 2. The number of hydrogen-bond donors (Lipinski definition) is 4. The minimum atomic E-state index is -4.02. The van der Waals surface area contributed by atoms with Gasteiger partial charge in [-0.25, -0.2) is 12.8 Å². The van der Waals surface area contributed by atoms with Crippen LogP contribution >= 0.6 is 22.6 Å². The van der Waals surface area contributed by atoms with Crippen LogP contribution in [-0.2, 0) is 17.1 Å². The van der Waals surface area contributed by atoms with Crippen LogP contribution in [0.25, 0.3) is 0 Å². The highest BCUT2D eigenvalue weighted by Crippen LogP contribution is 2.27. The summed E-state index contributed by atoms with van der Waals surface area (Å²) in [6.45, 7) is -0.715. The number of sulfonamides is 1. The van der Waals surface area contributed by atoms with Crippen molar-refractivity contribution < 1.29 is 23.0 Å². The summed E-state index contributed by atoms with van der Waals surface area (Å²) in [5, 5.41) is 20.8. The summed E-state index contributed by atoms with van der Waals surface area (Å²) in [6, 6.07) is 5.51. The molecule has 1 unspecified atom stereocenters. The van der Waals surface area contributed by atoms with Gasteiger partial charge in [-0.2, -0.15) is 0 Å². The van der Waals surface area contributed by atoms with Gasteiger partial charge in [-0.3, -0.25) is 9.52 Å². The first-order valence-electron chi connectivity index (χ1n) is 7.33. The van der Waals surface area contributed by atoms with Gasteiger partial charge in [0.15, 0.2) is 0 Å². The average molecular weight is 497 g/mol. The standard InChI is InChI=1S/C15H17FIN3O5S/c1-20-6-14(19-26(24,25)8-10(22)7-21)13(5-15(20)23)18-12-3-2-9(17)4-11(12)16/h2-6,10,18-19,21-22H,7-8H2,1H3. The first-order valence-corrected chi connectivity index (χ1v) is 10.1. The number of pyridine rings is 1. The predicted molar refractivity (Wildman–Crippen MR) is 105 cm³/mol. The van der Waals surface area contributed by atoms with Crippen molar-refractivity contribution in [2.75, 3.05) is 22.4 Å². The Bertz CT molecular complexity index is 964. The summed E-state index contributed by atoms with van der Waals surface area (Å²) in [5.41, 5.74) is -0.322. The number of aromatic nitrogens is 1. The second kappa shape index (κ2) is 8.33. The molecule has 0 saturated carbocycles. The van der Waals surface area contributed by atoms with E-state index in [2.05, 4.69) is 10.0 Å². The average Bonchev–Trinajstić information content (AvgIpc) is 2.53. The second-order valence-electron chi connectivity index (χ2n) is 5.52. The lowest BCUT2D eigenvalue weighted by atomic mass is 10.2. The van der Waals surface area contributed by atoms with Crippen molar-refractivity contribution >= 4 is 49.7 Å². The zero-order valence-electron chi connectivity index (χ0n) is 13.6. The molecule has 8 nitrogen and oxygen atoms in total. The maximum Gasteiger partial charge on any atom is 0.252 e. The molecule has 0 spiro atoms. The third-order valence-corrected chi connectivity index (χ3v) is 5.34. The molecule has 0 aliphatic carbocycles. The predicted octanol–water partition coefficient (Wildman–Crippen LogP) is 0.967. The van der Waals surface area contributed by atoms with Gasteiger partial charge < -0.3 is 20.1 Å². The fraction of sp³-hybridized carbons (Fsp3) is 0.267. The van der Waals surface area contributed by atoms with Crippen LogP contribution in [0.4, 0.5) is 21.5 Å². The highest BCUT2D eigenvalue weighted by atomic mass is 127. The molecule has 26 heavy (non-hydrogen) atoms. The summed E-state index contributed by atoms with van der Waals surface area (Å²) < 4.78 is 42.3. The highest BCUT2D eigenvalue weighted by Gasteiger charge is 2.19. The van der Waals surface area contributed by atoms with E-state index in [0.29, 0.717) is 3.57 Å². The number of anilines is 3. The fourth-order valence-electron chi connectivity index (χ4n) is 2.07. The number of aliphatic hydroxyl groups excluding tert-OH is 2. The maximum atomic E-state index is 14.1. The molecular weight excluding hydrogens is 480 g/mol. The molecule has 2 rings (SSSR count). The maximum absolute atomic E-state index is 14.1. The number of rotatable bonds is 7. The van der Waals surface area contributed by atoms with Crippen LogP contribution in [0.2, 0.25) is 0 Å². The Kier molecular flexibility index (Phi) is 6.60. The Morgan fingerprint density at radius 3 is 2.58 bits per heavy atom. The van der Waals surface area contributed by atoms with E-state index in [1.807, 2.05) is 22.6 Å². The zero-order chi connectivity index (χ0) is 19.5. The number of halogens is 2. The molecule has 142 valence electrons. The fourth-order valence-corrected chi connectivity index (χ4v) is 3.71. The van der Waals surface area contributed by atoms with Crippen molar-refractivity contribution in [3.8, 4) is 0 Å². The molecule has 2 aromatic rings. The second-order valence-corrected chi connectivity index (χ2v) is 8.53. The Labute approximate surface area is 162 Å². The van der Waals surface area contributed by atoms with Crippen LogP contribution < -0.4 is 15.6 Å². The normalized spacial score (nSPS) is 12.7. The molecule has 1 aromatic heterocycles. The van der Waals surface area contributed by atoms with E-state index in [1.54, 1.807) is 6.07 Å². The number of hydrogen-bond acceptors (Lipinski definition) is 6. The van der Waals surface area contributed by atoms with E-state index >= 15 is 0 Å². The summed E-state index contributed by atoms with van der Waals surface area (Å²) in [6.07, 6.45) is -0.219. The van der Waals surface area contributed by atoms with E-state index in [0.717, 1.165) is 10.6 Å². The third kappa shape index (κ3) is 5.40. The summed E-state index contributed by atoms with van der Waals surface area (Å²) in [5.74, 6) is -1.30. The van der Waals surface area contributed by atoms with Crippen LogP contribution in [0, 0.1) is 9.39 Å². The Balaban J connectivity index is 2.40. The van der Waals surface area contributed by atoms with Gasteiger partial charge in [-0.1, -0.05) is 0 Å². The molecule has 11 heteroatoms. The van der Waals surface area contributed by atoms with Gasteiger partial charge in [0.25, 0.3) is 5.56 Å². The van der Waals surface area contributed by atoms with Crippen LogP contribution in [0.3, 0.4) is 0 Å². The smallest absolute Gasteiger partial charge is 0.252 e. The molecule has 0 aliphatic rings. The molecule has 0 amide bonds. The molecule has 1 heterocycles. The van der Waals surface area contributed by atoms with Crippen molar-refractivity contribution in [3.05, 3.63) is 50.2 Å². The van der Waals surface area contributed by atoms with Gasteiger partial charge in [0.2, 0.25) is 10.0 Å². The summed E-state index contributed by atoms with van der Waals surface area (Å²) >= 11 is 1.95. The molecule has 0 saturated heterocycles. The molecule has 4 N–H and O–H groups in total. The lowest BCUT2D eigenvalue weighted by molar-refractivity contribution is 0.112. The minimum Gasteiger partial charge on any atom is -0.394 e. The lowest BCUT2D eigenvalue weighted by Gasteiger charge is -2.16. The topological polar surface area (TPSA) is 121 Å². The van der Waals surface area contributed by atoms with E-state index in [1.165, 1.54) is 25.4 Å². The van der Waals surface area contributed by atoms with Crippen molar-refractivity contribution in [2.45, 2.75) is 6.10 Å². The van der Waals surface area contributed by atoms with Gasteiger partial charge >= 0.3 is 0 Å². The van der Waals surface area contributed by atoms with Gasteiger partial charge in [0, 0.05) is 22.9 Å². The largest absolute Gasteiger partial charge is 0.394 e. The van der Waals surface area contributed by atoms with Crippen LogP contribution in [0.15, 0.2) is 35.3 Å². The molecule has 0 aliphatic heterocycles. The van der Waals surface area contributed by atoms with Crippen LogP contribution in [-0.4, -0.2) is 41.7 Å². The number of aryl methyl sites for hydroxylation is 1. The number of benzene rings is 1. The molecule has 1 aromatic carbocycles. The zero-order valence-corrected chi connectivity index (χ0v) is 16.6. The molecule has 0 radical (unpaired) electrons. The lowest BCUT2D eigenvalue weighted by Crippen LogP contribution is -2.29. The SMILES string of the molecule is Cn1cc(NS(=O)(=O)CC(O)CO)c(Nc2ccc(I)cc2F)cc1=O. The number of nitrogens with zero attached hydrogens (tertiary/aromatic N) is 1. The monoisotopic (exact) mass is 497 g/mol. The number of aliphatic hydroxyl groups is 2. The highest BCUT2D eigenvalue weighted by molar-refractivity contribution is 14.1.